The lowest BCUT2D eigenvalue weighted by Gasteiger charge is -2.09. The minimum Gasteiger partial charge on any atom is -0.396 e. The molecular formula is C16H16N2O. The van der Waals surface area contributed by atoms with Gasteiger partial charge >= 0.3 is 0 Å². The second-order valence-corrected chi connectivity index (χ2v) is 4.58. The van der Waals surface area contributed by atoms with Crippen LogP contribution in [0.2, 0.25) is 0 Å². The van der Waals surface area contributed by atoms with Crippen molar-refractivity contribution in [3.8, 4) is 0 Å². The van der Waals surface area contributed by atoms with Crippen LogP contribution in [-0.4, -0.2) is 23.2 Å². The zero-order valence-corrected chi connectivity index (χ0v) is 10.6. The highest BCUT2D eigenvalue weighted by atomic mass is 16.3. The van der Waals surface area contributed by atoms with Crippen LogP contribution in [0.15, 0.2) is 48.7 Å². The number of nitrogens with one attached hydrogen (secondary N) is 1. The molecule has 0 amide bonds. The fraction of sp³-hybridized carbons (Fsp3) is 0.188. The average molecular weight is 252 g/mol. The lowest BCUT2D eigenvalue weighted by Crippen LogP contribution is -2.04. The molecule has 1 aromatic heterocycles. The smallest absolute Gasteiger partial charge is 0.0729 e. The topological polar surface area (TPSA) is 45.1 Å². The fourth-order valence-electron chi connectivity index (χ4n) is 2.29. The van der Waals surface area contributed by atoms with Crippen LogP contribution in [-0.2, 0) is 0 Å². The lowest BCUT2D eigenvalue weighted by atomic mass is 10.1. The predicted molar refractivity (Wildman–Crippen MR) is 79.4 cm³/mol. The minimum absolute atomic E-state index is 0.207. The molecule has 3 rings (SSSR count). The Kier molecular flexibility index (Phi) is 3.29. The van der Waals surface area contributed by atoms with Crippen molar-refractivity contribution in [1.82, 2.24) is 4.98 Å². The molecule has 2 N–H and O–H groups in total. The van der Waals surface area contributed by atoms with Crippen molar-refractivity contribution in [2.24, 2.45) is 0 Å². The second kappa shape index (κ2) is 5.24. The number of pyridine rings is 1. The van der Waals surface area contributed by atoms with Crippen LogP contribution in [0.25, 0.3) is 21.7 Å². The highest BCUT2D eigenvalue weighted by molar-refractivity contribution is 6.01. The van der Waals surface area contributed by atoms with Crippen LogP contribution in [0.4, 0.5) is 5.69 Å². The first-order valence-corrected chi connectivity index (χ1v) is 6.51. The number of anilines is 1. The van der Waals surface area contributed by atoms with E-state index in [-0.39, 0.29) is 6.61 Å². The van der Waals surface area contributed by atoms with Crippen molar-refractivity contribution in [3.63, 3.8) is 0 Å². The van der Waals surface area contributed by atoms with E-state index in [0.29, 0.717) is 0 Å². The Balaban J connectivity index is 2.09. The number of aliphatic hydroxyl groups excluding tert-OH is 1. The minimum atomic E-state index is 0.207. The molecule has 0 aliphatic heterocycles. The Bertz CT molecular complexity index is 709. The Morgan fingerprint density at radius 2 is 1.84 bits per heavy atom. The SMILES string of the molecule is OCCCNc1ccnc2cc3ccccc3cc12. The second-order valence-electron chi connectivity index (χ2n) is 4.58. The Hall–Kier alpha value is -2.13. The van der Waals surface area contributed by atoms with Crippen LogP contribution < -0.4 is 5.32 Å². The van der Waals surface area contributed by atoms with Gasteiger partial charge in [0.1, 0.15) is 0 Å². The van der Waals surface area contributed by atoms with Gasteiger partial charge in [-0.1, -0.05) is 24.3 Å². The third-order valence-electron chi connectivity index (χ3n) is 3.26. The maximum absolute atomic E-state index is 8.85. The van der Waals surface area contributed by atoms with Crippen molar-refractivity contribution in [2.45, 2.75) is 6.42 Å². The molecule has 0 unspecified atom stereocenters. The quantitative estimate of drug-likeness (QED) is 0.553. The van der Waals surface area contributed by atoms with Gasteiger partial charge in [-0.15, -0.1) is 0 Å². The third-order valence-corrected chi connectivity index (χ3v) is 3.26. The Morgan fingerprint density at radius 1 is 1.05 bits per heavy atom. The highest BCUT2D eigenvalue weighted by Crippen LogP contribution is 2.26. The molecule has 0 atom stereocenters. The molecule has 2 aromatic carbocycles. The third kappa shape index (κ3) is 2.37. The van der Waals surface area contributed by atoms with Gasteiger partial charge < -0.3 is 10.4 Å². The summed E-state index contributed by atoms with van der Waals surface area (Å²) >= 11 is 0. The molecule has 3 nitrogen and oxygen atoms in total. The number of hydrogen-bond acceptors (Lipinski definition) is 3. The van der Waals surface area contributed by atoms with E-state index in [4.69, 9.17) is 5.11 Å². The van der Waals surface area contributed by atoms with Crippen LogP contribution in [0.5, 0.6) is 0 Å². The lowest BCUT2D eigenvalue weighted by molar-refractivity contribution is 0.292. The molecule has 0 fully saturated rings. The van der Waals surface area contributed by atoms with Gasteiger partial charge in [-0.3, -0.25) is 4.98 Å². The number of nitrogens with zero attached hydrogens (tertiary/aromatic N) is 1. The first-order valence-electron chi connectivity index (χ1n) is 6.51. The molecule has 0 spiro atoms. The molecule has 96 valence electrons. The molecule has 0 aliphatic rings. The van der Waals surface area contributed by atoms with Crippen LogP contribution >= 0.6 is 0 Å². The molecule has 19 heavy (non-hydrogen) atoms. The van der Waals surface area contributed by atoms with Crippen LogP contribution in [0.3, 0.4) is 0 Å². The van der Waals surface area contributed by atoms with Gasteiger partial charge in [0.2, 0.25) is 0 Å². The van der Waals surface area contributed by atoms with Crippen molar-refractivity contribution in [1.29, 1.82) is 0 Å². The van der Waals surface area contributed by atoms with E-state index in [9.17, 15) is 0 Å². The molecule has 1 heterocycles. The summed E-state index contributed by atoms with van der Waals surface area (Å²) in [6, 6.07) is 14.6. The largest absolute Gasteiger partial charge is 0.396 e. The molecule has 3 heteroatoms. The summed E-state index contributed by atoms with van der Waals surface area (Å²) in [4.78, 5) is 4.43. The number of aromatic nitrogens is 1. The van der Waals surface area contributed by atoms with Crippen molar-refractivity contribution < 1.29 is 5.11 Å². The van der Waals surface area contributed by atoms with E-state index in [1.165, 1.54) is 10.8 Å². The summed E-state index contributed by atoms with van der Waals surface area (Å²) in [5.41, 5.74) is 2.07. The summed E-state index contributed by atoms with van der Waals surface area (Å²) in [6.07, 6.45) is 2.57. The van der Waals surface area contributed by atoms with Gasteiger partial charge in [-0.05, 0) is 35.4 Å². The van der Waals surface area contributed by atoms with Crippen molar-refractivity contribution in [2.75, 3.05) is 18.5 Å². The fourth-order valence-corrected chi connectivity index (χ4v) is 2.29. The number of benzene rings is 2. The number of rotatable bonds is 4. The normalized spacial score (nSPS) is 11.0. The van der Waals surface area contributed by atoms with Crippen LogP contribution in [0.1, 0.15) is 6.42 Å². The van der Waals surface area contributed by atoms with Gasteiger partial charge in [-0.25, -0.2) is 0 Å². The van der Waals surface area contributed by atoms with Gasteiger partial charge in [0, 0.05) is 30.4 Å². The summed E-state index contributed by atoms with van der Waals surface area (Å²) in [5.74, 6) is 0. The Morgan fingerprint density at radius 3 is 2.63 bits per heavy atom. The summed E-state index contributed by atoms with van der Waals surface area (Å²) in [5, 5.41) is 15.7. The molecule has 0 aliphatic carbocycles. The predicted octanol–water partition coefficient (Wildman–Crippen LogP) is 3.18. The van der Waals surface area contributed by atoms with Gasteiger partial charge in [0.15, 0.2) is 0 Å². The summed E-state index contributed by atoms with van der Waals surface area (Å²) in [7, 11) is 0. The highest BCUT2D eigenvalue weighted by Gasteiger charge is 2.03. The average Bonchev–Trinajstić information content (AvgIpc) is 2.46. The van der Waals surface area contributed by atoms with E-state index in [1.807, 2.05) is 24.4 Å². The maximum Gasteiger partial charge on any atom is 0.0729 e. The molecule has 0 bridgehead atoms. The Labute approximate surface area is 111 Å². The van der Waals surface area contributed by atoms with Crippen molar-refractivity contribution in [3.05, 3.63) is 48.7 Å². The van der Waals surface area contributed by atoms with Gasteiger partial charge in [0.25, 0.3) is 0 Å². The van der Waals surface area contributed by atoms with E-state index in [0.717, 1.165) is 29.6 Å². The molecule has 0 radical (unpaired) electrons. The molecule has 0 saturated heterocycles. The van der Waals surface area contributed by atoms with Gasteiger partial charge in [-0.2, -0.15) is 0 Å². The first-order chi connectivity index (χ1) is 9.38. The van der Waals surface area contributed by atoms with E-state index in [2.05, 4.69) is 34.6 Å². The van der Waals surface area contributed by atoms with E-state index >= 15 is 0 Å². The maximum atomic E-state index is 8.85. The number of fused-ring (bicyclic) bond motifs is 2. The monoisotopic (exact) mass is 252 g/mol. The zero-order valence-electron chi connectivity index (χ0n) is 10.6. The molecular weight excluding hydrogens is 236 g/mol. The van der Waals surface area contributed by atoms with Crippen molar-refractivity contribution >= 4 is 27.4 Å². The first kappa shape index (κ1) is 11.9. The van der Waals surface area contributed by atoms with Gasteiger partial charge in [0.05, 0.1) is 5.52 Å². The summed E-state index contributed by atoms with van der Waals surface area (Å²) in [6.45, 7) is 0.974. The van der Waals surface area contributed by atoms with E-state index < -0.39 is 0 Å². The number of hydrogen-bond donors (Lipinski definition) is 2. The molecule has 3 aromatic rings. The number of aliphatic hydroxyl groups is 1. The molecule has 0 saturated carbocycles. The van der Waals surface area contributed by atoms with Crippen LogP contribution in [0, 0.1) is 0 Å². The zero-order chi connectivity index (χ0) is 13.1. The standard InChI is InChI=1S/C16H16N2O/c19-9-3-7-17-15-6-8-18-16-11-13-5-2-1-4-12(13)10-14(15)16/h1-2,4-6,8,10-11,19H,3,7,9H2,(H,17,18). The van der Waals surface area contributed by atoms with E-state index in [1.54, 1.807) is 0 Å². The summed E-state index contributed by atoms with van der Waals surface area (Å²) < 4.78 is 0.